The first-order chi connectivity index (χ1) is 48.0. The quantitative estimate of drug-likeness (QED) is 0.166. The van der Waals surface area contributed by atoms with Gasteiger partial charge in [0.05, 0.1) is 44.5 Å². The summed E-state index contributed by atoms with van der Waals surface area (Å²) in [5, 5.41) is 9.80. The lowest BCUT2D eigenvalue weighted by molar-refractivity contribution is 0.660. The van der Waals surface area contributed by atoms with Crippen LogP contribution < -0.4 is 0 Å². The molecule has 3 aliphatic carbocycles. The zero-order valence-corrected chi connectivity index (χ0v) is 55.1. The summed E-state index contributed by atoms with van der Waals surface area (Å²) in [4.78, 5) is 9.89. The van der Waals surface area contributed by atoms with Gasteiger partial charge in [0, 0.05) is 76.9 Å². The Morgan fingerprint density at radius 3 is 1.16 bits per heavy atom. The summed E-state index contributed by atoms with van der Waals surface area (Å²) < 4.78 is 7.40. The summed E-state index contributed by atoms with van der Waals surface area (Å²) in [6.45, 7) is 11.6. The molecule has 98 heavy (non-hydrogen) atoms. The number of benzene rings is 14. The van der Waals surface area contributed by atoms with Gasteiger partial charge < -0.3 is 13.7 Å². The second-order valence-electron chi connectivity index (χ2n) is 28.1. The highest BCUT2D eigenvalue weighted by Crippen LogP contribution is 2.53. The highest BCUT2D eigenvalue weighted by atomic mass is 15.0. The minimum Gasteiger partial charge on any atom is -0.309 e. The molecule has 0 spiro atoms. The van der Waals surface area contributed by atoms with Crippen molar-refractivity contribution in [3.8, 4) is 95.2 Å². The zero-order chi connectivity index (χ0) is 65.3. The fourth-order valence-electron chi connectivity index (χ4n) is 17.3. The van der Waals surface area contributed by atoms with Crippen LogP contribution in [-0.2, 0) is 10.8 Å². The van der Waals surface area contributed by atoms with Gasteiger partial charge in [-0.15, -0.1) is 0 Å². The summed E-state index contributed by atoms with van der Waals surface area (Å²) in [7, 11) is 0. The Kier molecular flexibility index (Phi) is 12.0. The minimum atomic E-state index is -0.143. The van der Waals surface area contributed by atoms with E-state index in [9.17, 15) is 0 Å². The van der Waals surface area contributed by atoms with Crippen molar-refractivity contribution in [3.05, 3.63) is 331 Å². The van der Waals surface area contributed by atoms with E-state index in [1.807, 2.05) is 18.2 Å². The lowest BCUT2D eigenvalue weighted by atomic mass is 9.82. The SMILES string of the molecule is CC1(C)c2ccccc2-c2ccc(-n3c4ccccc4c4cc(-c5ccc6c(c5)c5cc(-c7ccc8c(c7)c7ccccc7n8-c7cccc(-c8ncnc9c8-c8cccc%10cccc-9c8%10)c7)ccc5n6-c5ccc6c(c5)C(C)(C)c5ccccc5-6)ccc43)cc21.Cc1ccccc1. The van der Waals surface area contributed by atoms with Gasteiger partial charge in [0.2, 0.25) is 0 Å². The van der Waals surface area contributed by atoms with E-state index in [1.54, 1.807) is 6.33 Å². The molecule has 14 aromatic carbocycles. The maximum Gasteiger partial charge on any atom is 0.116 e. The zero-order valence-electron chi connectivity index (χ0n) is 55.1. The first-order valence-electron chi connectivity index (χ1n) is 34.2. The van der Waals surface area contributed by atoms with Crippen LogP contribution in [0.25, 0.3) is 171 Å². The Hall–Kier alpha value is -12.2. The fraction of sp³-hybridized carbons (Fsp3) is 0.0753. The fourth-order valence-corrected chi connectivity index (χ4v) is 17.3. The van der Waals surface area contributed by atoms with Crippen LogP contribution in [0.4, 0.5) is 0 Å². The third-order valence-electron chi connectivity index (χ3n) is 22.0. The average molecular weight is 1250 g/mol. The molecule has 4 aromatic heterocycles. The van der Waals surface area contributed by atoms with Crippen LogP contribution in [0.2, 0.25) is 0 Å². The van der Waals surface area contributed by atoms with E-state index in [0.29, 0.717) is 0 Å². The summed E-state index contributed by atoms with van der Waals surface area (Å²) in [6, 6.07) is 111. The lowest BCUT2D eigenvalue weighted by Crippen LogP contribution is -2.15. The van der Waals surface area contributed by atoms with Crippen molar-refractivity contribution in [2.75, 3.05) is 0 Å². The molecule has 0 amide bonds. The molecule has 0 bridgehead atoms. The molecule has 5 heteroatoms. The van der Waals surface area contributed by atoms with Gasteiger partial charge in [-0.3, -0.25) is 0 Å². The summed E-state index contributed by atoms with van der Waals surface area (Å²) in [5.41, 5.74) is 33.6. The van der Waals surface area contributed by atoms with Gasteiger partial charge in [0.15, 0.2) is 0 Å². The van der Waals surface area contributed by atoms with Gasteiger partial charge in [-0.2, -0.15) is 0 Å². The van der Waals surface area contributed by atoms with Crippen LogP contribution in [0.15, 0.2) is 304 Å². The number of hydrogen-bond acceptors (Lipinski definition) is 2. The van der Waals surface area contributed by atoms with Crippen molar-refractivity contribution in [2.24, 2.45) is 0 Å². The first kappa shape index (κ1) is 56.2. The molecule has 462 valence electrons. The maximum absolute atomic E-state index is 5.01. The topological polar surface area (TPSA) is 40.6 Å². The van der Waals surface area contributed by atoms with E-state index in [0.717, 1.165) is 44.9 Å². The van der Waals surface area contributed by atoms with E-state index in [-0.39, 0.29) is 10.8 Å². The third-order valence-corrected chi connectivity index (χ3v) is 22.0. The Balaban J connectivity index is 0.000000880. The van der Waals surface area contributed by atoms with Crippen molar-refractivity contribution in [1.82, 2.24) is 23.7 Å². The Bertz CT molecular complexity index is 6440. The number of aromatic nitrogens is 5. The van der Waals surface area contributed by atoms with Crippen LogP contribution in [-0.4, -0.2) is 23.7 Å². The van der Waals surface area contributed by atoms with Crippen molar-refractivity contribution in [2.45, 2.75) is 45.4 Å². The van der Waals surface area contributed by atoms with Crippen LogP contribution in [0.5, 0.6) is 0 Å². The van der Waals surface area contributed by atoms with Crippen LogP contribution in [0, 0.1) is 6.92 Å². The monoisotopic (exact) mass is 1250 g/mol. The van der Waals surface area contributed by atoms with Crippen LogP contribution in [0.1, 0.15) is 55.5 Å². The largest absolute Gasteiger partial charge is 0.309 e. The molecule has 5 nitrogen and oxygen atoms in total. The van der Waals surface area contributed by atoms with E-state index < -0.39 is 0 Å². The molecule has 0 saturated carbocycles. The molecule has 0 radical (unpaired) electrons. The molecule has 21 rings (SSSR count). The molecule has 0 saturated heterocycles. The van der Waals surface area contributed by atoms with Gasteiger partial charge in [-0.05, 0) is 187 Å². The molecular formula is C93H65N5. The second-order valence-corrected chi connectivity index (χ2v) is 28.1. The van der Waals surface area contributed by atoms with Gasteiger partial charge in [0.25, 0.3) is 0 Å². The average Bonchev–Trinajstić information content (AvgIpc) is 1.58. The number of para-hydroxylation sites is 2. The lowest BCUT2D eigenvalue weighted by Gasteiger charge is -2.22. The number of aryl methyl sites for hydroxylation is 1. The van der Waals surface area contributed by atoms with E-state index >= 15 is 0 Å². The van der Waals surface area contributed by atoms with Crippen molar-refractivity contribution < 1.29 is 0 Å². The molecule has 4 heterocycles. The molecule has 3 aliphatic rings. The molecule has 0 atom stereocenters. The highest BCUT2D eigenvalue weighted by molar-refractivity contribution is 6.18. The van der Waals surface area contributed by atoms with Crippen LogP contribution >= 0.6 is 0 Å². The molecule has 18 aromatic rings. The summed E-state index contributed by atoms with van der Waals surface area (Å²) >= 11 is 0. The second kappa shape index (κ2) is 20.9. The predicted octanol–water partition coefficient (Wildman–Crippen LogP) is 24.2. The number of hydrogen-bond donors (Lipinski definition) is 0. The number of rotatable bonds is 6. The summed E-state index contributed by atoms with van der Waals surface area (Å²) in [5.74, 6) is 0. The molecule has 0 unspecified atom stereocenters. The minimum absolute atomic E-state index is 0.102. The van der Waals surface area contributed by atoms with Gasteiger partial charge >= 0.3 is 0 Å². The van der Waals surface area contributed by atoms with Crippen molar-refractivity contribution in [3.63, 3.8) is 0 Å². The molecular weight excluding hydrogens is 1190 g/mol. The number of fused-ring (bicyclic) bond motifs is 18. The van der Waals surface area contributed by atoms with Gasteiger partial charge in [-0.1, -0.05) is 233 Å². The highest BCUT2D eigenvalue weighted by Gasteiger charge is 2.37. The third kappa shape index (κ3) is 8.14. The molecule has 0 fully saturated rings. The number of nitrogens with zero attached hydrogens (tertiary/aromatic N) is 5. The van der Waals surface area contributed by atoms with Gasteiger partial charge in [-0.25, -0.2) is 9.97 Å². The van der Waals surface area contributed by atoms with Gasteiger partial charge in [0.1, 0.15) is 6.33 Å². The van der Waals surface area contributed by atoms with Crippen LogP contribution in [0.3, 0.4) is 0 Å². The Morgan fingerprint density at radius 1 is 0.265 bits per heavy atom. The molecule has 0 N–H and O–H groups in total. The molecule has 0 aliphatic heterocycles. The Morgan fingerprint density at radius 2 is 0.663 bits per heavy atom. The predicted molar refractivity (Wildman–Crippen MR) is 410 cm³/mol. The smallest absolute Gasteiger partial charge is 0.116 e. The van der Waals surface area contributed by atoms with Crippen molar-refractivity contribution >= 4 is 76.2 Å². The van der Waals surface area contributed by atoms with E-state index in [2.05, 4.69) is 327 Å². The first-order valence-corrected chi connectivity index (χ1v) is 34.2. The van der Waals surface area contributed by atoms with E-state index in [1.165, 1.54) is 154 Å². The standard InChI is InChI=1S/C86H57N5.C7H8/c1-85(2)71-26-9-5-20-59(71)61-36-34-57(47-73(61)85)90-76-29-12-8-23-64(76)68-44-52(31-39-78(68)90)54-33-41-80-70(46-54)69-45-53(32-40-79(69)91(80)58-35-37-62-60-21-6-10-27-72(60)86(3,4)74(62)48-58)51-30-38-77-67(43-51)63-22-7-11-28-75(63)89(77)56-19-13-18-55(42-56)83-82-65-24-14-16-50-17-15-25-66(81(50)65)84(82)88-49-87-83;1-7-5-3-2-4-6-7/h5-49H,1-4H3;2-6H,1H3. The maximum atomic E-state index is 5.01. The summed E-state index contributed by atoms with van der Waals surface area (Å²) in [6.07, 6.45) is 1.73. The van der Waals surface area contributed by atoms with E-state index in [4.69, 9.17) is 9.97 Å². The van der Waals surface area contributed by atoms with Crippen molar-refractivity contribution in [1.29, 1.82) is 0 Å². The Labute approximate surface area is 568 Å². The normalized spacial score (nSPS) is 13.5.